The van der Waals surface area contributed by atoms with Crippen LogP contribution < -0.4 is 5.32 Å². The Kier molecular flexibility index (Phi) is 5.10. The van der Waals surface area contributed by atoms with Gasteiger partial charge in [0.2, 0.25) is 5.91 Å². The molecule has 0 unspecified atom stereocenters. The monoisotopic (exact) mass is 332 g/mol. The summed E-state index contributed by atoms with van der Waals surface area (Å²) in [6.07, 6.45) is 0. The number of amides is 1. The average molecular weight is 333 g/mol. The Labute approximate surface area is 129 Å². The highest BCUT2D eigenvalue weighted by Gasteiger charge is 2.10. The maximum Gasteiger partial charge on any atom is 0.230 e. The van der Waals surface area contributed by atoms with E-state index in [0.29, 0.717) is 15.8 Å². The fraction of sp³-hybridized carbons (Fsp3) is 0.167. The Morgan fingerprint density at radius 2 is 2.26 bits per heavy atom. The van der Waals surface area contributed by atoms with Gasteiger partial charge in [-0.25, -0.2) is 4.98 Å². The molecule has 1 aromatic carbocycles. The zero-order valence-corrected chi connectivity index (χ0v) is 13.1. The van der Waals surface area contributed by atoms with Crippen LogP contribution in [0.15, 0.2) is 27.9 Å². The van der Waals surface area contributed by atoms with Gasteiger partial charge in [-0.2, -0.15) is 0 Å². The highest BCUT2D eigenvalue weighted by atomic mass is 35.5. The average Bonchev–Trinajstić information content (AvgIpc) is 2.84. The maximum atomic E-state index is 11.2. The first-order chi connectivity index (χ1) is 9.10. The molecule has 3 nitrogen and oxygen atoms in total. The molecule has 0 spiro atoms. The Balaban J connectivity index is 2.14. The zero-order chi connectivity index (χ0) is 13.8. The number of nitrogens with zero attached hydrogens (tertiary/aromatic N) is 1. The van der Waals surface area contributed by atoms with Gasteiger partial charge in [-0.05, 0) is 18.2 Å². The van der Waals surface area contributed by atoms with E-state index in [1.165, 1.54) is 23.1 Å². The summed E-state index contributed by atoms with van der Waals surface area (Å²) in [6.45, 7) is 0. The molecule has 1 heterocycles. The van der Waals surface area contributed by atoms with Crippen molar-refractivity contribution in [2.75, 3.05) is 12.8 Å². The van der Waals surface area contributed by atoms with Gasteiger partial charge >= 0.3 is 0 Å². The van der Waals surface area contributed by atoms with E-state index in [9.17, 15) is 4.79 Å². The van der Waals surface area contributed by atoms with Crippen molar-refractivity contribution in [1.29, 1.82) is 0 Å². The van der Waals surface area contributed by atoms with E-state index in [2.05, 4.69) is 10.3 Å². The van der Waals surface area contributed by atoms with Crippen molar-refractivity contribution in [1.82, 2.24) is 10.3 Å². The predicted molar refractivity (Wildman–Crippen MR) is 82.4 cm³/mol. The van der Waals surface area contributed by atoms with Gasteiger partial charge in [-0.1, -0.05) is 35.0 Å². The second kappa shape index (κ2) is 6.61. The van der Waals surface area contributed by atoms with E-state index < -0.39 is 0 Å². The quantitative estimate of drug-likeness (QED) is 0.862. The molecule has 7 heteroatoms. The Bertz CT molecular complexity index is 601. The molecular formula is C12H10Cl2N2OS2. The van der Waals surface area contributed by atoms with Crippen LogP contribution in [0.4, 0.5) is 0 Å². The summed E-state index contributed by atoms with van der Waals surface area (Å²) in [5, 5.41) is 5.65. The summed E-state index contributed by atoms with van der Waals surface area (Å²) >= 11 is 14.9. The van der Waals surface area contributed by atoms with Crippen LogP contribution in [0.3, 0.4) is 0 Å². The highest BCUT2D eigenvalue weighted by molar-refractivity contribution is 8.01. The van der Waals surface area contributed by atoms with E-state index in [1.54, 1.807) is 19.2 Å². The molecule has 19 heavy (non-hydrogen) atoms. The number of thiazole rings is 1. The summed E-state index contributed by atoms with van der Waals surface area (Å²) in [5.41, 5.74) is 1.64. The lowest BCUT2D eigenvalue weighted by atomic mass is 10.2. The minimum absolute atomic E-state index is 0.0220. The minimum atomic E-state index is -0.0220. The largest absolute Gasteiger partial charge is 0.358 e. The molecule has 0 aliphatic carbocycles. The number of benzene rings is 1. The third-order valence-corrected chi connectivity index (χ3v) is 4.86. The van der Waals surface area contributed by atoms with E-state index >= 15 is 0 Å². The van der Waals surface area contributed by atoms with E-state index in [-0.39, 0.29) is 5.91 Å². The lowest BCUT2D eigenvalue weighted by Crippen LogP contribution is -2.19. The van der Waals surface area contributed by atoms with Gasteiger partial charge in [0.05, 0.1) is 16.5 Å². The number of thioether (sulfide) groups is 1. The molecule has 100 valence electrons. The fourth-order valence-electron chi connectivity index (χ4n) is 1.34. The summed E-state index contributed by atoms with van der Waals surface area (Å²) in [7, 11) is 1.61. The third-order valence-electron chi connectivity index (χ3n) is 2.30. The zero-order valence-electron chi connectivity index (χ0n) is 9.94. The second-order valence-corrected chi connectivity index (χ2v) is 6.51. The van der Waals surface area contributed by atoms with Gasteiger partial charge in [-0.15, -0.1) is 11.3 Å². The summed E-state index contributed by atoms with van der Waals surface area (Å²) in [4.78, 5) is 15.6. The number of carbonyl (C=O) groups excluding carboxylic acids is 1. The van der Waals surface area contributed by atoms with Crippen LogP contribution in [-0.2, 0) is 4.79 Å². The molecule has 0 aliphatic heterocycles. The van der Waals surface area contributed by atoms with Crippen LogP contribution in [0.2, 0.25) is 10.0 Å². The molecule has 0 fully saturated rings. The fourth-order valence-corrected chi connectivity index (χ4v) is 3.55. The highest BCUT2D eigenvalue weighted by Crippen LogP contribution is 2.33. The number of nitrogens with one attached hydrogen (secondary N) is 1. The lowest BCUT2D eigenvalue weighted by Gasteiger charge is -2.00. The molecule has 0 saturated heterocycles. The first-order valence-electron chi connectivity index (χ1n) is 5.34. The SMILES string of the molecule is CNC(=O)CSc1nc(-c2ccc(Cl)cc2Cl)cs1. The first-order valence-corrected chi connectivity index (χ1v) is 7.96. The van der Waals surface area contributed by atoms with Gasteiger partial charge in [-0.3, -0.25) is 4.79 Å². The normalized spacial score (nSPS) is 10.5. The number of halogens is 2. The van der Waals surface area contributed by atoms with Crippen LogP contribution in [-0.4, -0.2) is 23.7 Å². The molecule has 1 aromatic heterocycles. The van der Waals surface area contributed by atoms with Crippen molar-refractivity contribution in [2.24, 2.45) is 0 Å². The Hall–Kier alpha value is -0.750. The van der Waals surface area contributed by atoms with Gasteiger partial charge in [0.15, 0.2) is 4.34 Å². The number of carbonyl (C=O) groups is 1. The van der Waals surface area contributed by atoms with Crippen LogP contribution in [0.25, 0.3) is 11.3 Å². The smallest absolute Gasteiger partial charge is 0.230 e. The van der Waals surface area contributed by atoms with Crippen molar-refractivity contribution in [3.63, 3.8) is 0 Å². The topological polar surface area (TPSA) is 42.0 Å². The molecule has 2 aromatic rings. The standard InChI is InChI=1S/C12H10Cl2N2OS2/c1-15-11(17)6-19-12-16-10(5-18-12)8-3-2-7(13)4-9(8)14/h2-5H,6H2,1H3,(H,15,17). The Morgan fingerprint density at radius 1 is 1.47 bits per heavy atom. The van der Waals surface area contributed by atoms with Gasteiger partial charge in [0, 0.05) is 23.0 Å². The third kappa shape index (κ3) is 3.86. The summed E-state index contributed by atoms with van der Waals surface area (Å²) in [6, 6.07) is 5.31. The molecule has 1 amide bonds. The second-order valence-electron chi connectivity index (χ2n) is 3.58. The maximum absolute atomic E-state index is 11.2. The van der Waals surface area contributed by atoms with E-state index in [4.69, 9.17) is 23.2 Å². The molecular weight excluding hydrogens is 323 g/mol. The molecule has 0 saturated carbocycles. The van der Waals surface area contributed by atoms with Crippen LogP contribution in [0.5, 0.6) is 0 Å². The minimum Gasteiger partial charge on any atom is -0.358 e. The van der Waals surface area contributed by atoms with Gasteiger partial charge < -0.3 is 5.32 Å². The number of hydrogen-bond donors (Lipinski definition) is 1. The van der Waals surface area contributed by atoms with Gasteiger partial charge in [0.25, 0.3) is 0 Å². The molecule has 1 N–H and O–H groups in total. The molecule has 0 bridgehead atoms. The molecule has 0 aliphatic rings. The van der Waals surface area contributed by atoms with Gasteiger partial charge in [0.1, 0.15) is 0 Å². The first kappa shape index (κ1) is 14.7. The molecule has 2 rings (SSSR count). The number of hydrogen-bond acceptors (Lipinski definition) is 4. The van der Waals surface area contributed by atoms with E-state index in [1.807, 2.05) is 11.4 Å². The van der Waals surface area contributed by atoms with Crippen LogP contribution in [0.1, 0.15) is 0 Å². The van der Waals surface area contributed by atoms with Crippen molar-refractivity contribution >= 4 is 52.2 Å². The van der Waals surface area contributed by atoms with Crippen molar-refractivity contribution < 1.29 is 4.79 Å². The van der Waals surface area contributed by atoms with Crippen molar-refractivity contribution in [3.05, 3.63) is 33.6 Å². The lowest BCUT2D eigenvalue weighted by molar-refractivity contribution is -0.118. The summed E-state index contributed by atoms with van der Waals surface area (Å²) in [5.74, 6) is 0.337. The number of aromatic nitrogens is 1. The van der Waals surface area contributed by atoms with Crippen LogP contribution >= 0.6 is 46.3 Å². The summed E-state index contributed by atoms with van der Waals surface area (Å²) < 4.78 is 0.838. The molecule has 0 atom stereocenters. The van der Waals surface area contributed by atoms with Crippen molar-refractivity contribution in [3.8, 4) is 11.3 Å². The number of rotatable bonds is 4. The predicted octanol–water partition coefficient (Wildman–Crippen LogP) is 3.96. The van der Waals surface area contributed by atoms with Crippen LogP contribution in [0, 0.1) is 0 Å². The Morgan fingerprint density at radius 3 is 2.95 bits per heavy atom. The van der Waals surface area contributed by atoms with E-state index in [0.717, 1.165) is 15.6 Å². The molecule has 0 radical (unpaired) electrons. The van der Waals surface area contributed by atoms with Crippen molar-refractivity contribution in [2.45, 2.75) is 4.34 Å².